The Labute approximate surface area is 148 Å². The molecule has 0 aliphatic carbocycles. The van der Waals surface area contributed by atoms with Gasteiger partial charge >= 0.3 is 0 Å². The van der Waals surface area contributed by atoms with Crippen molar-refractivity contribution in [3.05, 3.63) is 42.2 Å². The zero-order chi connectivity index (χ0) is 17.2. The molecule has 7 heteroatoms. The van der Waals surface area contributed by atoms with Gasteiger partial charge in [-0.15, -0.1) is 0 Å². The second kappa shape index (κ2) is 6.68. The van der Waals surface area contributed by atoms with Crippen LogP contribution in [0.2, 0.25) is 0 Å². The Balaban J connectivity index is 1.56. The van der Waals surface area contributed by atoms with E-state index in [2.05, 4.69) is 15.3 Å². The Morgan fingerprint density at radius 1 is 1.28 bits per heavy atom. The number of carbonyl (C=O) groups excluding carboxylic acids is 1. The number of fused-ring (bicyclic) bond motifs is 2. The van der Waals surface area contributed by atoms with E-state index in [1.54, 1.807) is 12.4 Å². The molecule has 2 aromatic heterocycles. The van der Waals surface area contributed by atoms with E-state index < -0.39 is 0 Å². The average Bonchev–Trinajstić information content (AvgIpc) is 2.87. The number of carbonyl (C=O) groups is 1. The minimum Gasteiger partial charge on any atom is -0.490 e. The highest BCUT2D eigenvalue weighted by Crippen LogP contribution is 2.37. The molecule has 0 saturated carbocycles. The minimum absolute atomic E-state index is 0.110. The van der Waals surface area contributed by atoms with E-state index in [9.17, 15) is 4.79 Å². The molecule has 128 valence electrons. The van der Waals surface area contributed by atoms with Crippen molar-refractivity contribution in [3.63, 3.8) is 0 Å². The highest BCUT2D eigenvalue weighted by molar-refractivity contribution is 7.22. The summed E-state index contributed by atoms with van der Waals surface area (Å²) in [7, 11) is 0. The van der Waals surface area contributed by atoms with Crippen molar-refractivity contribution in [3.8, 4) is 11.5 Å². The normalized spacial score (nSPS) is 14.8. The first-order valence-electron chi connectivity index (χ1n) is 8.12. The van der Waals surface area contributed by atoms with Crippen LogP contribution in [0.25, 0.3) is 10.2 Å². The maximum absolute atomic E-state index is 12.5. The number of hydrogen-bond acceptors (Lipinski definition) is 6. The summed E-state index contributed by atoms with van der Waals surface area (Å²) in [5.41, 5.74) is 1.66. The molecule has 1 unspecified atom stereocenters. The lowest BCUT2D eigenvalue weighted by molar-refractivity contribution is -0.117. The quantitative estimate of drug-likeness (QED) is 0.777. The van der Waals surface area contributed by atoms with E-state index in [1.165, 1.54) is 11.3 Å². The molecular formula is C18H17N3O3S. The molecule has 3 aromatic rings. The van der Waals surface area contributed by atoms with Crippen molar-refractivity contribution in [1.29, 1.82) is 0 Å². The fraction of sp³-hybridized carbons (Fsp3) is 0.278. The fourth-order valence-corrected chi connectivity index (χ4v) is 3.51. The Morgan fingerprint density at radius 2 is 2.08 bits per heavy atom. The maximum Gasteiger partial charge on any atom is 0.233 e. The number of thiazole rings is 1. The van der Waals surface area contributed by atoms with Crippen LogP contribution in [-0.4, -0.2) is 29.1 Å². The van der Waals surface area contributed by atoms with Gasteiger partial charge in [-0.05, 0) is 18.6 Å². The molecule has 1 N–H and O–H groups in total. The molecule has 1 aliphatic heterocycles. The molecule has 1 aromatic carbocycles. The van der Waals surface area contributed by atoms with E-state index in [-0.39, 0.29) is 11.8 Å². The van der Waals surface area contributed by atoms with Crippen molar-refractivity contribution >= 4 is 32.6 Å². The highest BCUT2D eigenvalue weighted by Gasteiger charge is 2.18. The molecule has 6 nitrogen and oxygen atoms in total. The summed E-state index contributed by atoms with van der Waals surface area (Å²) in [5, 5.41) is 3.46. The predicted molar refractivity (Wildman–Crippen MR) is 96.5 cm³/mol. The summed E-state index contributed by atoms with van der Waals surface area (Å²) in [5.74, 6) is 1.03. The fourth-order valence-electron chi connectivity index (χ4n) is 2.64. The Hall–Kier alpha value is -2.67. The number of nitrogens with zero attached hydrogens (tertiary/aromatic N) is 2. The van der Waals surface area contributed by atoms with Crippen LogP contribution in [0.4, 0.5) is 5.13 Å². The molecule has 1 aliphatic rings. The molecule has 1 atom stereocenters. The lowest BCUT2D eigenvalue weighted by atomic mass is 10.0. The smallest absolute Gasteiger partial charge is 0.233 e. The van der Waals surface area contributed by atoms with Crippen LogP contribution in [0.5, 0.6) is 11.5 Å². The number of ether oxygens (including phenoxy) is 2. The lowest BCUT2D eigenvalue weighted by Crippen LogP contribution is -2.18. The number of aromatic nitrogens is 2. The van der Waals surface area contributed by atoms with Crippen molar-refractivity contribution in [2.75, 3.05) is 18.5 Å². The molecular weight excluding hydrogens is 338 g/mol. The number of amides is 1. The van der Waals surface area contributed by atoms with Crippen LogP contribution in [0, 0.1) is 0 Å². The van der Waals surface area contributed by atoms with E-state index in [1.807, 2.05) is 31.2 Å². The summed E-state index contributed by atoms with van der Waals surface area (Å²) in [6.45, 7) is 3.13. The molecule has 3 heterocycles. The van der Waals surface area contributed by atoms with Crippen LogP contribution in [0.1, 0.15) is 24.8 Å². The van der Waals surface area contributed by atoms with E-state index in [4.69, 9.17) is 9.47 Å². The van der Waals surface area contributed by atoms with E-state index in [0.717, 1.165) is 28.0 Å². The van der Waals surface area contributed by atoms with Gasteiger partial charge in [0.05, 0.1) is 29.3 Å². The van der Waals surface area contributed by atoms with Gasteiger partial charge in [0.2, 0.25) is 5.91 Å². The first-order valence-corrected chi connectivity index (χ1v) is 8.93. The zero-order valence-corrected chi connectivity index (χ0v) is 14.5. The van der Waals surface area contributed by atoms with Crippen LogP contribution in [0.15, 0.2) is 36.7 Å². The monoisotopic (exact) mass is 355 g/mol. The highest BCUT2D eigenvalue weighted by atomic mass is 32.1. The Kier molecular flexibility index (Phi) is 4.23. The van der Waals surface area contributed by atoms with Crippen LogP contribution >= 0.6 is 11.3 Å². The van der Waals surface area contributed by atoms with E-state index >= 15 is 0 Å². The Bertz CT molecular complexity index is 868. The second-order valence-corrected chi connectivity index (χ2v) is 6.86. The molecule has 1 amide bonds. The number of benzene rings is 1. The molecule has 0 saturated heterocycles. The van der Waals surface area contributed by atoms with Crippen molar-refractivity contribution < 1.29 is 14.3 Å². The van der Waals surface area contributed by atoms with Gasteiger partial charge in [-0.2, -0.15) is 0 Å². The van der Waals surface area contributed by atoms with Gasteiger partial charge in [-0.25, -0.2) is 4.98 Å². The predicted octanol–water partition coefficient (Wildman–Crippen LogP) is 3.59. The Morgan fingerprint density at radius 3 is 2.84 bits per heavy atom. The van der Waals surface area contributed by atoms with Gasteiger partial charge in [0.1, 0.15) is 0 Å². The maximum atomic E-state index is 12.5. The van der Waals surface area contributed by atoms with Crippen molar-refractivity contribution in [2.24, 2.45) is 0 Å². The average molecular weight is 355 g/mol. The van der Waals surface area contributed by atoms with Gasteiger partial charge < -0.3 is 14.8 Å². The number of nitrogens with one attached hydrogen (secondary N) is 1. The number of anilines is 1. The van der Waals surface area contributed by atoms with E-state index in [0.29, 0.717) is 24.1 Å². The minimum atomic E-state index is -0.302. The van der Waals surface area contributed by atoms with Crippen molar-refractivity contribution in [2.45, 2.75) is 19.3 Å². The molecule has 0 fully saturated rings. The van der Waals surface area contributed by atoms with Crippen LogP contribution in [-0.2, 0) is 4.79 Å². The third-order valence-electron chi connectivity index (χ3n) is 4.07. The third-order valence-corrected chi connectivity index (χ3v) is 5.00. The second-order valence-electron chi connectivity index (χ2n) is 5.83. The largest absolute Gasteiger partial charge is 0.490 e. The van der Waals surface area contributed by atoms with Crippen LogP contribution < -0.4 is 14.8 Å². The third kappa shape index (κ3) is 3.28. The topological polar surface area (TPSA) is 73.3 Å². The van der Waals surface area contributed by atoms with Gasteiger partial charge in [0.25, 0.3) is 0 Å². The number of hydrogen-bond donors (Lipinski definition) is 1. The summed E-state index contributed by atoms with van der Waals surface area (Å²) in [4.78, 5) is 21.0. The standard InChI is InChI=1S/C18H17N3O3S/c1-11(12-4-2-5-19-10-12)17(22)21-18-20-13-8-14-15(9-16(13)25-18)24-7-3-6-23-14/h2,4-5,8-11H,3,6-7H2,1H3,(H,20,21,22). The van der Waals surface area contributed by atoms with Gasteiger partial charge in [0.15, 0.2) is 16.6 Å². The molecule has 0 radical (unpaired) electrons. The summed E-state index contributed by atoms with van der Waals surface area (Å²) < 4.78 is 12.3. The van der Waals surface area contributed by atoms with Gasteiger partial charge in [0, 0.05) is 30.9 Å². The first kappa shape index (κ1) is 15.8. The summed E-state index contributed by atoms with van der Waals surface area (Å²) in [6, 6.07) is 7.51. The zero-order valence-electron chi connectivity index (χ0n) is 13.7. The first-order chi connectivity index (χ1) is 12.2. The lowest BCUT2D eigenvalue weighted by Gasteiger charge is -2.09. The van der Waals surface area contributed by atoms with Gasteiger partial charge in [-0.1, -0.05) is 17.4 Å². The van der Waals surface area contributed by atoms with Gasteiger partial charge in [-0.3, -0.25) is 9.78 Å². The van der Waals surface area contributed by atoms with Crippen molar-refractivity contribution in [1.82, 2.24) is 9.97 Å². The summed E-state index contributed by atoms with van der Waals surface area (Å²) >= 11 is 1.42. The van der Waals surface area contributed by atoms with Crippen LogP contribution in [0.3, 0.4) is 0 Å². The molecule has 25 heavy (non-hydrogen) atoms. The number of pyridine rings is 1. The number of rotatable bonds is 3. The summed E-state index contributed by atoms with van der Waals surface area (Å²) in [6.07, 6.45) is 4.26. The molecule has 0 bridgehead atoms. The molecule has 0 spiro atoms. The SMILES string of the molecule is CC(C(=O)Nc1nc2cc3c(cc2s1)OCCCO3)c1cccnc1. The molecule has 4 rings (SSSR count).